The number of thiophene rings is 1. The molecule has 0 radical (unpaired) electrons. The van der Waals surface area contributed by atoms with Gasteiger partial charge in [-0.2, -0.15) is 0 Å². The van der Waals surface area contributed by atoms with Crippen LogP contribution in [0.1, 0.15) is 52.0 Å². The highest BCUT2D eigenvalue weighted by molar-refractivity contribution is 7.99. The molecule has 0 atom stereocenters. The topological polar surface area (TPSA) is 84.1 Å². The maximum Gasteiger partial charge on any atom is 0.341 e. The third kappa shape index (κ3) is 4.54. The number of ether oxygens (including phenoxy) is 1. The van der Waals surface area contributed by atoms with E-state index < -0.39 is 0 Å². The Morgan fingerprint density at radius 2 is 2.03 bits per heavy atom. The molecule has 2 aromatic heterocycles. The van der Waals surface area contributed by atoms with E-state index in [2.05, 4.69) is 15.3 Å². The number of carbonyl (C=O) groups is 2. The molecule has 1 aliphatic rings. The number of fused-ring (bicyclic) bond motifs is 2. The van der Waals surface area contributed by atoms with Gasteiger partial charge in [0.15, 0.2) is 5.16 Å². The number of anilines is 1. The summed E-state index contributed by atoms with van der Waals surface area (Å²) in [5.41, 5.74) is 4.60. The van der Waals surface area contributed by atoms with E-state index in [4.69, 9.17) is 4.74 Å². The molecule has 4 rings (SSSR count). The molecule has 1 aliphatic carbocycles. The number of hydrogen-bond donors (Lipinski definition) is 2. The number of H-pyrrole nitrogens is 1. The zero-order valence-electron chi connectivity index (χ0n) is 17.2. The molecular weight excluding hydrogens is 418 g/mol. The van der Waals surface area contributed by atoms with E-state index in [1.54, 1.807) is 0 Å². The van der Waals surface area contributed by atoms with E-state index in [0.717, 1.165) is 47.8 Å². The van der Waals surface area contributed by atoms with Crippen LogP contribution < -0.4 is 5.32 Å². The number of benzene rings is 1. The van der Waals surface area contributed by atoms with E-state index in [1.165, 1.54) is 47.9 Å². The Balaban J connectivity index is 1.49. The van der Waals surface area contributed by atoms with Gasteiger partial charge >= 0.3 is 5.97 Å². The van der Waals surface area contributed by atoms with Crippen LogP contribution in [-0.4, -0.2) is 34.7 Å². The summed E-state index contributed by atoms with van der Waals surface area (Å²) in [6.07, 6.45) is 6.36. The van der Waals surface area contributed by atoms with E-state index in [0.29, 0.717) is 15.7 Å². The summed E-state index contributed by atoms with van der Waals surface area (Å²) in [7, 11) is 1.39. The van der Waals surface area contributed by atoms with Crippen molar-refractivity contribution in [2.45, 2.75) is 50.6 Å². The second kappa shape index (κ2) is 9.22. The number of aryl methyl sites for hydroxylation is 2. The van der Waals surface area contributed by atoms with Gasteiger partial charge in [-0.3, -0.25) is 4.79 Å². The molecule has 0 unspecified atom stereocenters. The predicted molar refractivity (Wildman–Crippen MR) is 122 cm³/mol. The smallest absolute Gasteiger partial charge is 0.341 e. The van der Waals surface area contributed by atoms with Gasteiger partial charge in [0.05, 0.1) is 29.5 Å². The van der Waals surface area contributed by atoms with Crippen molar-refractivity contribution in [2.75, 3.05) is 18.2 Å². The molecule has 6 nitrogen and oxygen atoms in total. The highest BCUT2D eigenvalue weighted by Gasteiger charge is 2.26. The van der Waals surface area contributed by atoms with E-state index in [-0.39, 0.29) is 17.6 Å². The molecule has 158 valence electrons. The van der Waals surface area contributed by atoms with Gasteiger partial charge in [-0.15, -0.1) is 11.3 Å². The average Bonchev–Trinajstić information content (AvgIpc) is 3.26. The fraction of sp³-hybridized carbons (Fsp3) is 0.409. The Labute approximate surface area is 183 Å². The molecule has 3 aromatic rings. The lowest BCUT2D eigenvalue weighted by Gasteiger charge is -2.10. The first-order chi connectivity index (χ1) is 14.5. The summed E-state index contributed by atoms with van der Waals surface area (Å²) in [5.74, 6) is -0.318. The lowest BCUT2D eigenvalue weighted by atomic mass is 9.96. The van der Waals surface area contributed by atoms with Crippen molar-refractivity contribution in [1.29, 1.82) is 0 Å². The van der Waals surface area contributed by atoms with Crippen LogP contribution in [-0.2, 0) is 22.4 Å². The number of imidazole rings is 1. The fourth-order valence-corrected chi connectivity index (χ4v) is 5.77. The summed E-state index contributed by atoms with van der Waals surface area (Å²) in [6.45, 7) is 2.03. The van der Waals surface area contributed by atoms with E-state index in [1.807, 2.05) is 25.1 Å². The minimum absolute atomic E-state index is 0.156. The molecule has 0 bridgehead atoms. The molecule has 2 N–H and O–H groups in total. The molecule has 2 heterocycles. The van der Waals surface area contributed by atoms with Crippen molar-refractivity contribution in [2.24, 2.45) is 0 Å². The quantitative estimate of drug-likeness (QED) is 0.423. The summed E-state index contributed by atoms with van der Waals surface area (Å²) >= 11 is 2.87. The molecule has 0 saturated heterocycles. The number of aromatic nitrogens is 2. The summed E-state index contributed by atoms with van der Waals surface area (Å²) < 4.78 is 5.02. The first kappa shape index (κ1) is 20.9. The third-order valence-electron chi connectivity index (χ3n) is 5.27. The Bertz CT molecular complexity index is 1090. The number of aromatic amines is 1. The van der Waals surface area contributed by atoms with Gasteiger partial charge in [0, 0.05) is 4.88 Å². The number of nitrogens with zero attached hydrogens (tertiary/aromatic N) is 1. The number of carbonyl (C=O) groups excluding carboxylic acids is 2. The SMILES string of the molecule is COC(=O)c1c(NC(=O)CSc2nc3ccc(C)cc3[nH]2)sc2c1CCCCCC2. The third-order valence-corrected chi connectivity index (χ3v) is 7.35. The van der Waals surface area contributed by atoms with Gasteiger partial charge in [-0.1, -0.05) is 30.7 Å². The van der Waals surface area contributed by atoms with Crippen LogP contribution in [0.4, 0.5) is 5.00 Å². The summed E-state index contributed by atoms with van der Waals surface area (Å²) in [6, 6.07) is 6.02. The maximum absolute atomic E-state index is 12.6. The van der Waals surface area contributed by atoms with Crippen LogP contribution in [0.5, 0.6) is 0 Å². The molecule has 1 aromatic carbocycles. The first-order valence-electron chi connectivity index (χ1n) is 10.2. The second-order valence-corrected chi connectivity index (χ2v) is 9.58. The van der Waals surface area contributed by atoms with Gasteiger partial charge in [0.25, 0.3) is 0 Å². The van der Waals surface area contributed by atoms with E-state index in [9.17, 15) is 9.59 Å². The number of rotatable bonds is 5. The predicted octanol–water partition coefficient (Wildman–Crippen LogP) is 5.11. The molecule has 0 saturated carbocycles. The zero-order valence-corrected chi connectivity index (χ0v) is 18.8. The van der Waals surface area contributed by atoms with Crippen LogP contribution in [0.15, 0.2) is 23.4 Å². The normalized spacial score (nSPS) is 14.1. The van der Waals surface area contributed by atoms with Crippen molar-refractivity contribution < 1.29 is 14.3 Å². The lowest BCUT2D eigenvalue weighted by molar-refractivity contribution is -0.113. The number of esters is 1. The Hall–Kier alpha value is -2.32. The van der Waals surface area contributed by atoms with Crippen molar-refractivity contribution in [1.82, 2.24) is 9.97 Å². The molecule has 0 aliphatic heterocycles. The maximum atomic E-state index is 12.6. The minimum Gasteiger partial charge on any atom is -0.465 e. The molecule has 8 heteroatoms. The average molecular weight is 444 g/mol. The Morgan fingerprint density at radius 3 is 2.83 bits per heavy atom. The van der Waals surface area contributed by atoms with Gasteiger partial charge in [-0.05, 0) is 55.9 Å². The molecular formula is C22H25N3O3S2. The van der Waals surface area contributed by atoms with Crippen molar-refractivity contribution in [3.8, 4) is 0 Å². The zero-order chi connectivity index (χ0) is 21.1. The number of hydrogen-bond acceptors (Lipinski definition) is 6. The van der Waals surface area contributed by atoms with Crippen molar-refractivity contribution >= 4 is 51.0 Å². The standard InChI is InChI=1S/C22H25N3O3S2/c1-13-9-10-15-16(11-13)24-22(23-15)29-12-18(26)25-20-19(21(27)28-2)14-7-5-3-4-6-8-17(14)30-20/h9-11H,3-8,12H2,1-2H3,(H,23,24)(H,25,26). The highest BCUT2D eigenvalue weighted by Crippen LogP contribution is 2.37. The first-order valence-corrected chi connectivity index (χ1v) is 12.0. The van der Waals surface area contributed by atoms with Crippen LogP contribution >= 0.6 is 23.1 Å². The van der Waals surface area contributed by atoms with Crippen LogP contribution in [0, 0.1) is 6.92 Å². The molecule has 30 heavy (non-hydrogen) atoms. The lowest BCUT2D eigenvalue weighted by Crippen LogP contribution is -2.16. The monoisotopic (exact) mass is 443 g/mol. The second-order valence-electron chi connectivity index (χ2n) is 7.51. The number of methoxy groups -OCH3 is 1. The summed E-state index contributed by atoms with van der Waals surface area (Å²) in [5, 5.41) is 4.27. The minimum atomic E-state index is -0.372. The highest BCUT2D eigenvalue weighted by atomic mass is 32.2. The Morgan fingerprint density at radius 1 is 1.23 bits per heavy atom. The molecule has 0 fully saturated rings. The van der Waals surface area contributed by atoms with Crippen molar-refractivity contribution in [3.05, 3.63) is 39.8 Å². The van der Waals surface area contributed by atoms with Gasteiger partial charge in [-0.25, -0.2) is 9.78 Å². The number of thioether (sulfide) groups is 1. The summed E-state index contributed by atoms with van der Waals surface area (Å²) in [4.78, 5) is 34.1. The van der Waals surface area contributed by atoms with E-state index >= 15 is 0 Å². The molecule has 1 amide bonds. The molecule has 0 spiro atoms. The van der Waals surface area contributed by atoms with Crippen LogP contribution in [0.2, 0.25) is 0 Å². The van der Waals surface area contributed by atoms with Gasteiger partial charge in [0.2, 0.25) is 5.91 Å². The largest absolute Gasteiger partial charge is 0.465 e. The van der Waals surface area contributed by atoms with Crippen LogP contribution in [0.3, 0.4) is 0 Å². The Kier molecular flexibility index (Phi) is 6.43. The number of nitrogens with one attached hydrogen (secondary N) is 2. The van der Waals surface area contributed by atoms with Gasteiger partial charge < -0.3 is 15.0 Å². The fourth-order valence-electron chi connectivity index (χ4n) is 3.79. The van der Waals surface area contributed by atoms with Crippen LogP contribution in [0.25, 0.3) is 11.0 Å². The van der Waals surface area contributed by atoms with Crippen molar-refractivity contribution in [3.63, 3.8) is 0 Å². The van der Waals surface area contributed by atoms with Gasteiger partial charge in [0.1, 0.15) is 5.00 Å². The number of amides is 1.